The van der Waals surface area contributed by atoms with Crippen LogP contribution < -0.4 is 10.6 Å². The van der Waals surface area contributed by atoms with Crippen molar-refractivity contribution in [1.82, 2.24) is 24.4 Å². The second kappa shape index (κ2) is 12.9. The van der Waals surface area contributed by atoms with E-state index in [4.69, 9.17) is 32.6 Å². The summed E-state index contributed by atoms with van der Waals surface area (Å²) in [5, 5.41) is 10.6. The first-order valence-electron chi connectivity index (χ1n) is 15.1. The molecule has 0 spiro atoms. The second-order valence-corrected chi connectivity index (χ2v) is 19.1. The van der Waals surface area contributed by atoms with E-state index in [1.165, 1.54) is 9.47 Å². The summed E-state index contributed by atoms with van der Waals surface area (Å²) in [6, 6.07) is 3.06. The van der Waals surface area contributed by atoms with Crippen LogP contribution in [-0.2, 0) is 10.8 Å². The molecule has 0 bridgehead atoms. The molecule has 13 heteroatoms. The monoisotopic (exact) mass is 662 g/mol. The van der Waals surface area contributed by atoms with Crippen LogP contribution in [-0.4, -0.2) is 75.7 Å². The highest BCUT2D eigenvalue weighted by atomic mass is 35.5. The van der Waals surface area contributed by atoms with E-state index >= 15 is 0 Å². The van der Waals surface area contributed by atoms with E-state index in [1.807, 2.05) is 38.7 Å². The zero-order chi connectivity index (χ0) is 32.7. The van der Waals surface area contributed by atoms with Gasteiger partial charge in [0.2, 0.25) is 0 Å². The van der Waals surface area contributed by atoms with Gasteiger partial charge in [0.05, 0.1) is 21.8 Å². The van der Waals surface area contributed by atoms with Crippen molar-refractivity contribution in [2.75, 3.05) is 24.6 Å². The second-order valence-electron chi connectivity index (χ2n) is 13.5. The Labute approximate surface area is 270 Å². The molecule has 1 fully saturated rings. The molecule has 10 nitrogen and oxygen atoms in total. The third-order valence-electron chi connectivity index (χ3n) is 8.93. The lowest BCUT2D eigenvalue weighted by atomic mass is 10.0. The number of hydrogen-bond acceptors (Lipinski definition) is 7. The van der Waals surface area contributed by atoms with Crippen LogP contribution >= 0.6 is 23.2 Å². The van der Waals surface area contributed by atoms with Gasteiger partial charge in [0.25, 0.3) is 0 Å². The number of rotatable bonds is 8. The first kappa shape index (κ1) is 34.1. The van der Waals surface area contributed by atoms with Gasteiger partial charge in [-0.15, -0.1) is 0 Å². The number of carboxylic acid groups (broad SMARTS) is 1. The van der Waals surface area contributed by atoms with Crippen LogP contribution in [0.5, 0.6) is 0 Å². The number of hydrogen-bond donors (Lipinski definition) is 1. The van der Waals surface area contributed by atoms with Gasteiger partial charge < -0.3 is 19.3 Å². The third kappa shape index (κ3) is 6.75. The Morgan fingerprint density at radius 2 is 1.84 bits per heavy atom. The molecular formula is C31H44Cl2N6O4Si. The lowest BCUT2D eigenvalue weighted by molar-refractivity contribution is 0.114. The molecule has 44 heavy (non-hydrogen) atoms. The average Bonchev–Trinajstić information content (AvgIpc) is 2.92. The first-order chi connectivity index (χ1) is 20.4. The molecule has 0 aliphatic carbocycles. The summed E-state index contributed by atoms with van der Waals surface area (Å²) in [5.41, 5.74) is 2.13. The van der Waals surface area contributed by atoms with Crippen LogP contribution in [0.15, 0.2) is 23.1 Å². The number of pyridine rings is 2. The summed E-state index contributed by atoms with van der Waals surface area (Å²) in [4.78, 5) is 43.2. The molecule has 3 aromatic rings. The largest absolute Gasteiger partial charge is 0.465 e. The summed E-state index contributed by atoms with van der Waals surface area (Å²) in [6.07, 6.45) is 2.23. The minimum atomic E-state index is -1.91. The zero-order valence-corrected chi connectivity index (χ0v) is 29.6. The number of aryl methyl sites for hydroxylation is 1. The van der Waals surface area contributed by atoms with Crippen LogP contribution in [0.4, 0.5) is 10.6 Å². The van der Waals surface area contributed by atoms with E-state index in [1.54, 1.807) is 12.3 Å². The van der Waals surface area contributed by atoms with E-state index in [0.29, 0.717) is 42.1 Å². The number of anilines is 1. The highest BCUT2D eigenvalue weighted by Crippen LogP contribution is 2.37. The zero-order valence-electron chi connectivity index (χ0n) is 27.1. The van der Waals surface area contributed by atoms with E-state index in [0.717, 1.165) is 17.7 Å². The van der Waals surface area contributed by atoms with Crippen LogP contribution in [0.1, 0.15) is 72.1 Å². The maximum atomic E-state index is 14.1. The van der Waals surface area contributed by atoms with Crippen LogP contribution in [0.3, 0.4) is 0 Å². The molecule has 2 atom stereocenters. The molecule has 0 radical (unpaired) electrons. The summed E-state index contributed by atoms with van der Waals surface area (Å²) in [6.45, 7) is 20.2. The topological polar surface area (TPSA) is 114 Å². The third-order valence-corrected chi connectivity index (χ3v) is 14.1. The molecule has 240 valence electrons. The lowest BCUT2D eigenvalue weighted by Gasteiger charge is -2.43. The minimum Gasteiger partial charge on any atom is -0.465 e. The summed E-state index contributed by atoms with van der Waals surface area (Å²) in [7, 11) is -1.91. The van der Waals surface area contributed by atoms with Crippen molar-refractivity contribution in [2.45, 2.75) is 97.4 Å². The van der Waals surface area contributed by atoms with Gasteiger partial charge in [-0.3, -0.25) is 4.98 Å². The molecule has 4 heterocycles. The summed E-state index contributed by atoms with van der Waals surface area (Å²) < 4.78 is 7.95. The molecule has 1 aliphatic rings. The molecule has 0 aromatic carbocycles. The molecule has 3 aromatic heterocycles. The van der Waals surface area contributed by atoms with Gasteiger partial charge >= 0.3 is 11.8 Å². The van der Waals surface area contributed by atoms with Gasteiger partial charge in [-0.05, 0) is 68.4 Å². The maximum Gasteiger partial charge on any atom is 0.407 e. The predicted octanol–water partition coefficient (Wildman–Crippen LogP) is 7.14. The smallest absolute Gasteiger partial charge is 0.407 e. The van der Waals surface area contributed by atoms with Crippen molar-refractivity contribution < 1.29 is 14.3 Å². The number of carbonyl (C=O) groups is 1. The number of fused-ring (bicyclic) bond motifs is 1. The molecule has 4 rings (SSSR count). The van der Waals surface area contributed by atoms with E-state index in [-0.39, 0.29) is 39.8 Å². The number of aromatic nitrogens is 4. The van der Waals surface area contributed by atoms with Gasteiger partial charge in [0.1, 0.15) is 11.0 Å². The first-order valence-corrected chi connectivity index (χ1v) is 18.8. The van der Waals surface area contributed by atoms with Gasteiger partial charge in [-0.1, -0.05) is 57.8 Å². The van der Waals surface area contributed by atoms with Gasteiger partial charge in [0.15, 0.2) is 14.0 Å². The van der Waals surface area contributed by atoms with E-state index in [9.17, 15) is 14.7 Å². The molecule has 1 N–H and O–H groups in total. The Morgan fingerprint density at radius 3 is 2.45 bits per heavy atom. The minimum absolute atomic E-state index is 0.00259. The highest BCUT2D eigenvalue weighted by molar-refractivity contribution is 6.74. The lowest BCUT2D eigenvalue weighted by Crippen LogP contribution is -2.58. The molecule has 0 unspecified atom stereocenters. The quantitative estimate of drug-likeness (QED) is 0.154. The Bertz CT molecular complexity index is 1610. The fraction of sp³-hybridized carbons (Fsp3) is 0.581. The normalized spacial score (nSPS) is 18.0. The SMILES string of the molecule is CC(C)c1nccc(CCCO[Si](C)(C)C(C)(C)C)c1-n1c(=O)nc(N2C[C@@H](C)N(C(=O)O)C[C@@H]2C)c2cc(Cl)c(Cl)nc21. The highest BCUT2D eigenvalue weighted by Gasteiger charge is 2.37. The van der Waals surface area contributed by atoms with Crippen molar-refractivity contribution in [3.8, 4) is 5.69 Å². The Kier molecular flexibility index (Phi) is 10.0. The van der Waals surface area contributed by atoms with E-state index in [2.05, 4.69) is 43.8 Å². The van der Waals surface area contributed by atoms with Crippen molar-refractivity contribution in [1.29, 1.82) is 0 Å². The summed E-state index contributed by atoms with van der Waals surface area (Å²) >= 11 is 13.0. The Morgan fingerprint density at radius 1 is 1.16 bits per heavy atom. The molecule has 1 amide bonds. The molecule has 1 saturated heterocycles. The van der Waals surface area contributed by atoms with Crippen LogP contribution in [0.2, 0.25) is 28.3 Å². The van der Waals surface area contributed by atoms with Gasteiger partial charge in [-0.2, -0.15) is 4.98 Å². The van der Waals surface area contributed by atoms with Crippen molar-refractivity contribution in [2.24, 2.45) is 0 Å². The standard InChI is InChI=1S/C31H44Cl2N6O4Si/c1-18(2)24-25(21(12-13-34-24)11-10-14-43-44(8,9)31(5,6)7)39-28-22(15-23(32)26(33)35-28)27(36-29(39)40)37-16-20(4)38(30(41)42)17-19(37)3/h12-13,15,18-20H,10-11,14,16-17H2,1-9H3,(H,41,42)/t19-,20+/m0/s1. The number of piperazine rings is 1. The fourth-order valence-electron chi connectivity index (χ4n) is 5.39. The van der Waals surface area contributed by atoms with Crippen molar-refractivity contribution in [3.05, 3.63) is 50.2 Å². The number of nitrogens with zero attached hydrogens (tertiary/aromatic N) is 6. The maximum absolute atomic E-state index is 14.1. The van der Waals surface area contributed by atoms with Crippen LogP contribution in [0.25, 0.3) is 16.7 Å². The van der Waals surface area contributed by atoms with E-state index < -0.39 is 20.1 Å². The molecular weight excluding hydrogens is 619 g/mol. The number of amides is 1. The fourth-order valence-corrected chi connectivity index (χ4v) is 6.77. The number of halogens is 2. The average molecular weight is 664 g/mol. The molecule has 1 aliphatic heterocycles. The Balaban J connectivity index is 1.85. The van der Waals surface area contributed by atoms with Gasteiger partial charge in [-0.25, -0.2) is 19.1 Å². The van der Waals surface area contributed by atoms with Gasteiger partial charge in [0, 0.05) is 38.0 Å². The van der Waals surface area contributed by atoms with Crippen molar-refractivity contribution in [3.63, 3.8) is 0 Å². The van der Waals surface area contributed by atoms with Crippen molar-refractivity contribution >= 4 is 54.5 Å². The Hall–Kier alpha value is -2.73. The summed E-state index contributed by atoms with van der Waals surface area (Å²) in [5.74, 6) is 0.402. The predicted molar refractivity (Wildman–Crippen MR) is 180 cm³/mol. The van der Waals surface area contributed by atoms with Crippen LogP contribution in [0, 0.1) is 0 Å². The molecule has 0 saturated carbocycles.